The quantitative estimate of drug-likeness (QED) is 0.353. The van der Waals surface area contributed by atoms with Gasteiger partial charge in [0.2, 0.25) is 0 Å². The van der Waals surface area contributed by atoms with Gasteiger partial charge in [0.25, 0.3) is 11.8 Å². The maximum atomic E-state index is 12.0. The second kappa shape index (κ2) is 8.85. The van der Waals surface area contributed by atoms with Crippen molar-refractivity contribution in [2.75, 3.05) is 7.11 Å². The lowest BCUT2D eigenvalue weighted by molar-refractivity contribution is -0.123. The molecule has 1 saturated heterocycles. The smallest absolute Gasteiger partial charge is 0.263 e. The molecule has 1 aliphatic rings. The fourth-order valence-electron chi connectivity index (χ4n) is 2.46. The number of rotatable bonds is 5. The minimum absolute atomic E-state index is 0.00687. The number of benzene rings is 2. The standard InChI is InChI=1S/C19H14Br2N2O4S/c1-26-16-7-10(6-13-17(24)22-19(28)23-18(13)25)2-5-15(16)27-9-11-3-4-12(20)8-14(11)21/h2-8H,9H2,1H3,(H2,22,23,24,25,28). The van der Waals surface area contributed by atoms with Crippen LogP contribution in [0.15, 0.2) is 50.9 Å². The van der Waals surface area contributed by atoms with Crippen LogP contribution in [0.1, 0.15) is 11.1 Å². The van der Waals surface area contributed by atoms with Crippen LogP contribution in [0.5, 0.6) is 11.5 Å². The fraction of sp³-hybridized carbons (Fsp3) is 0.105. The number of hydrogen-bond donors (Lipinski definition) is 2. The van der Waals surface area contributed by atoms with Crippen molar-refractivity contribution in [1.29, 1.82) is 0 Å². The lowest BCUT2D eigenvalue weighted by atomic mass is 10.1. The normalized spacial score (nSPS) is 13.7. The molecule has 1 heterocycles. The van der Waals surface area contributed by atoms with Crippen LogP contribution < -0.4 is 20.1 Å². The van der Waals surface area contributed by atoms with Crippen LogP contribution in [0.2, 0.25) is 0 Å². The van der Waals surface area contributed by atoms with E-state index in [0.717, 1.165) is 14.5 Å². The molecule has 28 heavy (non-hydrogen) atoms. The number of thiocarbonyl (C=S) groups is 1. The van der Waals surface area contributed by atoms with E-state index >= 15 is 0 Å². The minimum Gasteiger partial charge on any atom is -0.493 e. The number of ether oxygens (including phenoxy) is 2. The molecule has 0 saturated carbocycles. The number of nitrogens with one attached hydrogen (secondary N) is 2. The highest BCUT2D eigenvalue weighted by molar-refractivity contribution is 9.11. The Balaban J connectivity index is 1.80. The lowest BCUT2D eigenvalue weighted by Gasteiger charge is -2.16. The Labute approximate surface area is 183 Å². The average molecular weight is 526 g/mol. The summed E-state index contributed by atoms with van der Waals surface area (Å²) in [7, 11) is 1.52. The molecular formula is C19H14Br2N2O4S. The van der Waals surface area contributed by atoms with Gasteiger partial charge in [-0.3, -0.25) is 20.2 Å². The first-order valence-corrected chi connectivity index (χ1v) is 10.00. The summed E-state index contributed by atoms with van der Waals surface area (Å²) in [5.74, 6) is -0.0748. The molecular weight excluding hydrogens is 512 g/mol. The molecule has 2 aromatic rings. The first-order valence-electron chi connectivity index (χ1n) is 8.00. The number of carbonyl (C=O) groups excluding carboxylic acids is 2. The van der Waals surface area contributed by atoms with E-state index in [2.05, 4.69) is 42.5 Å². The molecule has 2 N–H and O–H groups in total. The predicted octanol–water partition coefficient (Wildman–Crippen LogP) is 3.71. The van der Waals surface area contributed by atoms with E-state index < -0.39 is 11.8 Å². The zero-order valence-corrected chi connectivity index (χ0v) is 18.5. The fourth-order valence-corrected chi connectivity index (χ4v) is 3.81. The van der Waals surface area contributed by atoms with Crippen molar-refractivity contribution in [2.45, 2.75) is 6.61 Å². The Hall–Kier alpha value is -2.23. The lowest BCUT2D eigenvalue weighted by Crippen LogP contribution is -2.51. The van der Waals surface area contributed by atoms with E-state index in [-0.39, 0.29) is 10.7 Å². The molecule has 0 atom stereocenters. The minimum atomic E-state index is -0.548. The summed E-state index contributed by atoms with van der Waals surface area (Å²) in [6.45, 7) is 0.340. The summed E-state index contributed by atoms with van der Waals surface area (Å²) in [6.07, 6.45) is 1.46. The van der Waals surface area contributed by atoms with Gasteiger partial charge in [-0.1, -0.05) is 44.0 Å². The van der Waals surface area contributed by atoms with Crippen molar-refractivity contribution >= 4 is 67.1 Å². The summed E-state index contributed by atoms with van der Waals surface area (Å²) in [6, 6.07) is 11.0. The molecule has 2 amide bonds. The predicted molar refractivity (Wildman–Crippen MR) is 116 cm³/mol. The van der Waals surface area contributed by atoms with Crippen molar-refractivity contribution in [1.82, 2.24) is 10.6 Å². The zero-order chi connectivity index (χ0) is 20.3. The molecule has 0 bridgehead atoms. The van der Waals surface area contributed by atoms with Gasteiger partial charge in [-0.15, -0.1) is 0 Å². The molecule has 1 fully saturated rings. The zero-order valence-electron chi connectivity index (χ0n) is 14.5. The maximum absolute atomic E-state index is 12.0. The maximum Gasteiger partial charge on any atom is 0.263 e. The van der Waals surface area contributed by atoms with Crippen LogP contribution in [0, 0.1) is 0 Å². The molecule has 0 aliphatic carbocycles. The van der Waals surface area contributed by atoms with Crippen LogP contribution in [-0.2, 0) is 16.2 Å². The third-order valence-corrected chi connectivity index (χ3v) is 5.28. The van der Waals surface area contributed by atoms with E-state index in [9.17, 15) is 9.59 Å². The third-order valence-electron chi connectivity index (χ3n) is 3.84. The van der Waals surface area contributed by atoms with E-state index in [1.54, 1.807) is 18.2 Å². The summed E-state index contributed by atoms with van der Waals surface area (Å²) >= 11 is 11.7. The summed E-state index contributed by atoms with van der Waals surface area (Å²) in [4.78, 5) is 23.9. The van der Waals surface area contributed by atoms with Crippen LogP contribution in [0.4, 0.5) is 0 Å². The highest BCUT2D eigenvalue weighted by Gasteiger charge is 2.25. The summed E-state index contributed by atoms with van der Waals surface area (Å²) < 4.78 is 13.2. The second-order valence-electron chi connectivity index (χ2n) is 5.73. The van der Waals surface area contributed by atoms with Gasteiger partial charge >= 0.3 is 0 Å². The SMILES string of the molecule is COc1cc(C=C2C(=O)NC(=S)NC2=O)ccc1OCc1ccc(Br)cc1Br. The van der Waals surface area contributed by atoms with Crippen LogP contribution >= 0.6 is 44.1 Å². The Kier molecular flexibility index (Phi) is 6.48. The van der Waals surface area contributed by atoms with E-state index in [1.165, 1.54) is 13.2 Å². The molecule has 0 unspecified atom stereocenters. The van der Waals surface area contributed by atoms with Crippen LogP contribution in [-0.4, -0.2) is 24.0 Å². The van der Waals surface area contributed by atoms with Gasteiger partial charge < -0.3 is 9.47 Å². The Morgan fingerprint density at radius 1 is 1.04 bits per heavy atom. The highest BCUT2D eigenvalue weighted by Crippen LogP contribution is 2.31. The van der Waals surface area contributed by atoms with Gasteiger partial charge in [-0.25, -0.2) is 0 Å². The van der Waals surface area contributed by atoms with Crippen LogP contribution in [0.3, 0.4) is 0 Å². The van der Waals surface area contributed by atoms with Gasteiger partial charge in [-0.2, -0.15) is 0 Å². The largest absolute Gasteiger partial charge is 0.493 e. The van der Waals surface area contributed by atoms with Crippen molar-refractivity contribution in [2.24, 2.45) is 0 Å². The van der Waals surface area contributed by atoms with Gasteiger partial charge in [0.05, 0.1) is 7.11 Å². The number of amides is 2. The van der Waals surface area contributed by atoms with E-state index in [0.29, 0.717) is 23.7 Å². The molecule has 0 radical (unpaired) electrons. The molecule has 0 aromatic heterocycles. The van der Waals surface area contributed by atoms with Gasteiger partial charge in [0.15, 0.2) is 16.6 Å². The number of halogens is 2. The second-order valence-corrected chi connectivity index (χ2v) is 7.91. The van der Waals surface area contributed by atoms with Crippen molar-refractivity contribution in [3.05, 3.63) is 62.0 Å². The molecule has 6 nitrogen and oxygen atoms in total. The van der Waals surface area contributed by atoms with Gasteiger partial charge in [0.1, 0.15) is 12.2 Å². The monoisotopic (exact) mass is 524 g/mol. The molecule has 3 rings (SSSR count). The van der Waals surface area contributed by atoms with Crippen molar-refractivity contribution in [3.8, 4) is 11.5 Å². The Morgan fingerprint density at radius 2 is 1.75 bits per heavy atom. The van der Waals surface area contributed by atoms with Crippen LogP contribution in [0.25, 0.3) is 6.08 Å². The summed E-state index contributed by atoms with van der Waals surface area (Å²) in [5.41, 5.74) is 1.55. The van der Waals surface area contributed by atoms with E-state index in [4.69, 9.17) is 21.7 Å². The first kappa shape index (κ1) is 20.5. The topological polar surface area (TPSA) is 76.7 Å². The van der Waals surface area contributed by atoms with Crippen molar-refractivity contribution < 1.29 is 19.1 Å². The third kappa shape index (κ3) is 4.78. The molecule has 0 spiro atoms. The molecule has 1 aliphatic heterocycles. The van der Waals surface area contributed by atoms with Crippen molar-refractivity contribution in [3.63, 3.8) is 0 Å². The number of hydrogen-bond acceptors (Lipinski definition) is 5. The number of carbonyl (C=O) groups is 2. The summed E-state index contributed by atoms with van der Waals surface area (Å²) in [5, 5.41) is 4.79. The van der Waals surface area contributed by atoms with Gasteiger partial charge in [0, 0.05) is 14.5 Å². The number of methoxy groups -OCH3 is 1. The first-order chi connectivity index (χ1) is 13.4. The molecule has 9 heteroatoms. The highest BCUT2D eigenvalue weighted by atomic mass is 79.9. The Bertz CT molecular complexity index is 985. The van der Waals surface area contributed by atoms with Gasteiger partial charge in [-0.05, 0) is 48.1 Å². The average Bonchev–Trinajstić information content (AvgIpc) is 2.64. The Morgan fingerprint density at radius 3 is 2.39 bits per heavy atom. The van der Waals surface area contributed by atoms with E-state index in [1.807, 2.05) is 18.2 Å². The molecule has 2 aromatic carbocycles. The molecule has 144 valence electrons.